The Kier molecular flexibility index (Phi) is 4.74. The third-order valence-electron chi connectivity index (χ3n) is 1.76. The van der Waals surface area contributed by atoms with Crippen LogP contribution in [-0.4, -0.2) is 18.4 Å². The molecule has 0 saturated heterocycles. The van der Waals surface area contributed by atoms with Gasteiger partial charge < -0.3 is 4.74 Å². The van der Waals surface area contributed by atoms with Gasteiger partial charge in [0.2, 0.25) is 0 Å². The van der Waals surface area contributed by atoms with Crippen LogP contribution in [0.25, 0.3) is 20.9 Å². The van der Waals surface area contributed by atoms with Crippen LogP contribution in [0.3, 0.4) is 0 Å². The predicted octanol–water partition coefficient (Wildman–Crippen LogP) is 2.35. The zero-order chi connectivity index (χ0) is 13.4. The van der Waals surface area contributed by atoms with E-state index in [1.54, 1.807) is 12.1 Å². The lowest BCUT2D eigenvalue weighted by atomic mass is 10.2. The Labute approximate surface area is 100 Å². The number of carbonyl (C=O) groups is 2. The number of hydrogen-bond donors (Lipinski definition) is 0. The lowest BCUT2D eigenvalue weighted by Gasteiger charge is -2.06. The van der Waals surface area contributed by atoms with Crippen LogP contribution in [0.1, 0.15) is 10.4 Å². The summed E-state index contributed by atoms with van der Waals surface area (Å²) in [6, 6.07) is 5.91. The summed E-state index contributed by atoms with van der Waals surface area (Å²) in [5.41, 5.74) is 16.2. The molecule has 0 N–H and O–H groups in total. The zero-order valence-corrected chi connectivity index (χ0v) is 8.92. The van der Waals surface area contributed by atoms with E-state index in [-0.39, 0.29) is 11.3 Å². The molecule has 18 heavy (non-hydrogen) atoms. The monoisotopic (exact) mass is 246 g/mol. The van der Waals surface area contributed by atoms with E-state index in [0.717, 1.165) is 0 Å². The number of amides is 2. The molecular weight excluding hydrogens is 240 g/mol. The molecule has 0 fully saturated rings. The second-order valence-corrected chi connectivity index (χ2v) is 2.86. The number of rotatable bonds is 4. The number of nitrogens with zero attached hydrogens (tertiary/aromatic N) is 6. The van der Waals surface area contributed by atoms with Crippen molar-refractivity contribution in [3.63, 3.8) is 0 Å². The van der Waals surface area contributed by atoms with Crippen LogP contribution in [0, 0.1) is 0 Å². The van der Waals surface area contributed by atoms with Gasteiger partial charge in [-0.1, -0.05) is 12.1 Å². The van der Waals surface area contributed by atoms with Crippen molar-refractivity contribution in [1.82, 2.24) is 0 Å². The molecule has 9 nitrogen and oxygen atoms in total. The maximum Gasteiger partial charge on any atom is 0.256 e. The third kappa shape index (κ3) is 3.53. The van der Waals surface area contributed by atoms with Gasteiger partial charge in [0.1, 0.15) is 5.75 Å². The average Bonchev–Trinajstić information content (AvgIpc) is 2.37. The molecule has 0 bridgehead atoms. The summed E-state index contributed by atoms with van der Waals surface area (Å²) in [7, 11) is 0. The van der Waals surface area contributed by atoms with E-state index in [1.165, 1.54) is 12.1 Å². The number of carbonyl (C=O) groups excluding carboxylic acids is 2. The van der Waals surface area contributed by atoms with Gasteiger partial charge in [0, 0.05) is 9.82 Å². The molecule has 1 aromatic rings. The van der Waals surface area contributed by atoms with Crippen molar-refractivity contribution in [1.29, 1.82) is 0 Å². The van der Waals surface area contributed by atoms with E-state index in [2.05, 4.69) is 20.1 Å². The molecule has 0 aliphatic rings. The van der Waals surface area contributed by atoms with Gasteiger partial charge in [0.15, 0.2) is 6.61 Å². The summed E-state index contributed by atoms with van der Waals surface area (Å²) in [6.07, 6.45) is 0. The topological polar surface area (TPSA) is 141 Å². The molecule has 0 aliphatic carbocycles. The van der Waals surface area contributed by atoms with Crippen molar-refractivity contribution >= 4 is 11.8 Å². The number of azide groups is 2. The minimum atomic E-state index is -0.830. The maximum atomic E-state index is 11.4. The summed E-state index contributed by atoms with van der Waals surface area (Å²) in [6.45, 7) is -0.509. The Bertz CT molecular complexity index is 571. The number of para-hydroxylation sites is 1. The van der Waals surface area contributed by atoms with Crippen LogP contribution >= 0.6 is 0 Å². The molecule has 2 amide bonds. The first-order chi connectivity index (χ1) is 8.69. The van der Waals surface area contributed by atoms with Gasteiger partial charge in [-0.3, -0.25) is 9.59 Å². The molecule has 0 radical (unpaired) electrons. The largest absolute Gasteiger partial charge is 0.485 e. The molecule has 0 spiro atoms. The van der Waals surface area contributed by atoms with E-state index in [4.69, 9.17) is 15.8 Å². The number of hydrogen-bond acceptors (Lipinski definition) is 3. The van der Waals surface area contributed by atoms with E-state index in [0.29, 0.717) is 0 Å². The van der Waals surface area contributed by atoms with Crippen molar-refractivity contribution in [2.75, 3.05) is 6.61 Å². The second kappa shape index (κ2) is 6.54. The fourth-order valence-electron chi connectivity index (χ4n) is 1.08. The Hall–Kier alpha value is -3.02. The molecule has 90 valence electrons. The smallest absolute Gasteiger partial charge is 0.256 e. The highest BCUT2D eigenvalue weighted by atomic mass is 16.5. The van der Waals surface area contributed by atoms with Crippen LogP contribution in [0.15, 0.2) is 34.5 Å². The zero-order valence-electron chi connectivity index (χ0n) is 8.92. The third-order valence-corrected chi connectivity index (χ3v) is 1.76. The van der Waals surface area contributed by atoms with Gasteiger partial charge in [-0.2, -0.15) is 0 Å². The molecule has 0 atom stereocenters. The highest BCUT2D eigenvalue weighted by molar-refractivity contribution is 5.97. The number of benzene rings is 1. The van der Waals surface area contributed by atoms with Crippen molar-refractivity contribution < 1.29 is 14.3 Å². The van der Waals surface area contributed by atoms with E-state index in [1.807, 2.05) is 0 Å². The van der Waals surface area contributed by atoms with Crippen LogP contribution in [0.4, 0.5) is 0 Å². The molecule has 0 heterocycles. The summed E-state index contributed by atoms with van der Waals surface area (Å²) in [5, 5.41) is 5.71. The quantitative estimate of drug-likeness (QED) is 0.457. The predicted molar refractivity (Wildman–Crippen MR) is 59.6 cm³/mol. The van der Waals surface area contributed by atoms with Crippen molar-refractivity contribution in [3.05, 3.63) is 50.7 Å². The number of ether oxygens (including phenoxy) is 1. The van der Waals surface area contributed by atoms with Crippen LogP contribution in [0.5, 0.6) is 5.75 Å². The Balaban J connectivity index is 2.89. The first-order valence-corrected chi connectivity index (χ1v) is 4.58. The lowest BCUT2D eigenvalue weighted by molar-refractivity contribution is -0.119. The molecule has 0 aromatic heterocycles. The van der Waals surface area contributed by atoms with E-state index < -0.39 is 18.4 Å². The standard InChI is InChI=1S/C9H6N6O3/c10-14-12-8(16)5-18-7-4-2-1-3-6(7)9(17)13-15-11/h1-4H,5H2. The van der Waals surface area contributed by atoms with Gasteiger partial charge >= 0.3 is 0 Å². The van der Waals surface area contributed by atoms with E-state index in [9.17, 15) is 9.59 Å². The Morgan fingerprint density at radius 3 is 2.50 bits per heavy atom. The van der Waals surface area contributed by atoms with E-state index >= 15 is 0 Å². The molecule has 0 saturated carbocycles. The molecular formula is C9H6N6O3. The summed E-state index contributed by atoms with van der Waals surface area (Å²) in [4.78, 5) is 26.9. The fourth-order valence-corrected chi connectivity index (χ4v) is 1.08. The highest BCUT2D eigenvalue weighted by Gasteiger charge is 2.11. The lowest BCUT2D eigenvalue weighted by Crippen LogP contribution is -2.10. The van der Waals surface area contributed by atoms with Crippen molar-refractivity contribution in [2.24, 2.45) is 10.2 Å². The molecule has 0 unspecified atom stereocenters. The molecule has 9 heteroatoms. The van der Waals surface area contributed by atoms with Crippen LogP contribution in [-0.2, 0) is 4.79 Å². The maximum absolute atomic E-state index is 11.4. The molecule has 1 aromatic carbocycles. The minimum Gasteiger partial charge on any atom is -0.485 e. The molecule has 1 rings (SSSR count). The summed E-state index contributed by atoms with van der Waals surface area (Å²) in [5.74, 6) is -1.59. The minimum absolute atomic E-state index is 0.0176. The normalized spacial score (nSPS) is 8.67. The first kappa shape index (κ1) is 13.0. The van der Waals surface area contributed by atoms with Gasteiger partial charge in [-0.05, 0) is 33.4 Å². The van der Waals surface area contributed by atoms with Gasteiger partial charge in [-0.25, -0.2) is 0 Å². The highest BCUT2D eigenvalue weighted by Crippen LogP contribution is 2.18. The fraction of sp³-hybridized carbons (Fsp3) is 0.111. The van der Waals surface area contributed by atoms with Gasteiger partial charge in [0.05, 0.1) is 5.56 Å². The van der Waals surface area contributed by atoms with Crippen molar-refractivity contribution in [2.45, 2.75) is 0 Å². The van der Waals surface area contributed by atoms with Crippen LogP contribution < -0.4 is 4.74 Å². The first-order valence-electron chi connectivity index (χ1n) is 4.58. The Morgan fingerprint density at radius 1 is 1.17 bits per heavy atom. The van der Waals surface area contributed by atoms with Gasteiger partial charge in [-0.15, -0.1) is 0 Å². The van der Waals surface area contributed by atoms with Crippen molar-refractivity contribution in [3.8, 4) is 5.75 Å². The SMILES string of the molecule is [N-]=[N+]=NC(=O)COc1ccccc1C(=O)N=[N+]=[N-]. The van der Waals surface area contributed by atoms with Gasteiger partial charge in [0.25, 0.3) is 11.8 Å². The summed E-state index contributed by atoms with van der Waals surface area (Å²) < 4.78 is 5.00. The molecule has 0 aliphatic heterocycles. The van der Waals surface area contributed by atoms with Crippen LogP contribution in [0.2, 0.25) is 0 Å². The Morgan fingerprint density at radius 2 is 1.83 bits per heavy atom. The summed E-state index contributed by atoms with van der Waals surface area (Å²) >= 11 is 0. The average molecular weight is 246 g/mol. The second-order valence-electron chi connectivity index (χ2n) is 2.86.